The maximum absolute atomic E-state index is 17.6. The zero-order chi connectivity index (χ0) is 28.7. The molecule has 1 aromatic heterocycles. The smallest absolute Gasteiger partial charge is 0.303 e. The van der Waals surface area contributed by atoms with Crippen molar-refractivity contribution in [3.63, 3.8) is 0 Å². The molecule has 3 saturated carbocycles. The van der Waals surface area contributed by atoms with Crippen LogP contribution in [-0.4, -0.2) is 70.2 Å². The third-order valence-electron chi connectivity index (χ3n) is 11.3. The Labute approximate surface area is 232 Å². The topological polar surface area (TPSA) is 96.8 Å². The van der Waals surface area contributed by atoms with Gasteiger partial charge in [0.05, 0.1) is 11.5 Å². The molecule has 0 unspecified atom stereocenters. The molecule has 0 bridgehead atoms. The van der Waals surface area contributed by atoms with Crippen molar-refractivity contribution in [1.29, 1.82) is 0 Å². The number of nitrogens with zero attached hydrogens (tertiary/aromatic N) is 2. The standard InChI is InChI=1S/C31H36F2N2O5/c1-18(36)40-16-27(39)30-17-35(14-19-5-4-8-34-13-19)15-20(30)9-22-23-11-25(32)24-10-21(37)6-7-28(24,2)31(23,33)26(38)12-29(22,30)3/h4-8,10,13,20,22-23,25-26,38H,9,11-12,14-17H2,1-3H3/t20-,22-,23-,25-,26-,28-,29-,30+,31-/m0/s1. The molecule has 7 nitrogen and oxygen atoms in total. The van der Waals surface area contributed by atoms with Gasteiger partial charge in [0.2, 0.25) is 0 Å². The monoisotopic (exact) mass is 554 g/mol. The normalized spacial score (nSPS) is 43.8. The highest BCUT2D eigenvalue weighted by Gasteiger charge is 2.78. The number of pyridine rings is 1. The quantitative estimate of drug-likeness (QED) is 0.556. The van der Waals surface area contributed by atoms with Crippen molar-refractivity contribution in [2.45, 2.75) is 64.5 Å². The minimum atomic E-state index is -2.20. The van der Waals surface area contributed by atoms with E-state index in [2.05, 4.69) is 9.88 Å². The third-order valence-corrected chi connectivity index (χ3v) is 11.3. The van der Waals surface area contributed by atoms with Crippen LogP contribution in [0.3, 0.4) is 0 Å². The predicted molar refractivity (Wildman–Crippen MR) is 141 cm³/mol. The van der Waals surface area contributed by atoms with E-state index < -0.39 is 52.7 Å². The number of fused-ring (bicyclic) bond motifs is 7. The third kappa shape index (κ3) is 3.52. The molecule has 9 atom stereocenters. The number of aliphatic hydroxyl groups is 1. The Bertz CT molecular complexity index is 1320. The number of hydrogen-bond acceptors (Lipinski definition) is 7. The van der Waals surface area contributed by atoms with E-state index in [1.54, 1.807) is 19.3 Å². The highest BCUT2D eigenvalue weighted by molar-refractivity contribution is 6.01. The molecule has 6 rings (SSSR count). The molecule has 1 saturated heterocycles. The fraction of sp³-hybridized carbons (Fsp3) is 0.613. The molecule has 1 aliphatic heterocycles. The molecule has 4 fully saturated rings. The van der Waals surface area contributed by atoms with Gasteiger partial charge in [0, 0.05) is 50.3 Å². The summed E-state index contributed by atoms with van der Waals surface area (Å²) in [6.45, 7) is 5.91. The molecular formula is C31H36F2N2O5. The van der Waals surface area contributed by atoms with E-state index in [0.29, 0.717) is 26.1 Å². The second-order valence-corrected chi connectivity index (χ2v) is 13.0. The van der Waals surface area contributed by atoms with Gasteiger partial charge in [-0.15, -0.1) is 0 Å². The number of halogens is 2. The summed E-state index contributed by atoms with van der Waals surface area (Å²) >= 11 is 0. The summed E-state index contributed by atoms with van der Waals surface area (Å²) in [5.74, 6) is -2.58. The molecule has 2 heterocycles. The number of carbonyl (C=O) groups excluding carboxylic acids is 3. The van der Waals surface area contributed by atoms with Crippen molar-refractivity contribution in [3.05, 3.63) is 53.9 Å². The lowest BCUT2D eigenvalue weighted by Gasteiger charge is -2.63. The second-order valence-electron chi connectivity index (χ2n) is 13.0. The first-order valence-corrected chi connectivity index (χ1v) is 14.1. The fourth-order valence-corrected chi connectivity index (χ4v) is 9.54. The van der Waals surface area contributed by atoms with Crippen LogP contribution in [-0.2, 0) is 25.7 Å². The van der Waals surface area contributed by atoms with E-state index in [-0.39, 0.29) is 41.8 Å². The van der Waals surface area contributed by atoms with Crippen LogP contribution in [0.25, 0.3) is 0 Å². The number of rotatable bonds is 5. The van der Waals surface area contributed by atoms with Crippen LogP contribution >= 0.6 is 0 Å². The number of likely N-dealkylation sites (tertiary alicyclic amines) is 1. The van der Waals surface area contributed by atoms with Crippen LogP contribution in [0, 0.1) is 34.0 Å². The Hall–Kier alpha value is -2.78. The van der Waals surface area contributed by atoms with Crippen molar-refractivity contribution >= 4 is 17.5 Å². The average Bonchev–Trinajstić information content (AvgIpc) is 3.38. The number of aromatic nitrogens is 1. The van der Waals surface area contributed by atoms with Crippen LogP contribution in [0.4, 0.5) is 8.78 Å². The van der Waals surface area contributed by atoms with E-state index in [4.69, 9.17) is 4.74 Å². The van der Waals surface area contributed by atoms with Gasteiger partial charge in [-0.3, -0.25) is 24.3 Å². The molecular weight excluding hydrogens is 518 g/mol. The summed E-state index contributed by atoms with van der Waals surface area (Å²) in [5, 5.41) is 11.7. The SMILES string of the molecule is CC(=O)OCC(=O)[C@@]12CN(Cc3cccnc3)C[C@@H]1C[C@H]1[C@@H]3C[C@H](F)C4=CC(=O)C=C[C@]4(C)[C@@]3(F)[C@@H](O)C[C@@]12C. The molecule has 1 N–H and O–H groups in total. The van der Waals surface area contributed by atoms with E-state index in [1.807, 2.05) is 19.1 Å². The van der Waals surface area contributed by atoms with Crippen molar-refractivity contribution in [3.8, 4) is 0 Å². The number of alkyl halides is 2. The van der Waals surface area contributed by atoms with Gasteiger partial charge in [0.1, 0.15) is 6.17 Å². The number of aliphatic hydroxyl groups excluding tert-OH is 1. The Morgan fingerprint density at radius 3 is 2.73 bits per heavy atom. The summed E-state index contributed by atoms with van der Waals surface area (Å²) in [7, 11) is 0. The molecule has 40 heavy (non-hydrogen) atoms. The number of ether oxygens (including phenoxy) is 1. The summed E-state index contributed by atoms with van der Waals surface area (Å²) < 4.78 is 38.6. The lowest BCUT2D eigenvalue weighted by atomic mass is 9.43. The van der Waals surface area contributed by atoms with Gasteiger partial charge in [-0.25, -0.2) is 8.78 Å². The lowest BCUT2D eigenvalue weighted by molar-refractivity contribution is -0.212. The molecule has 0 aromatic carbocycles. The Kier molecular flexibility index (Phi) is 6.24. The first-order chi connectivity index (χ1) is 18.9. The van der Waals surface area contributed by atoms with Crippen molar-refractivity contribution in [1.82, 2.24) is 9.88 Å². The van der Waals surface area contributed by atoms with Crippen LogP contribution in [0.1, 0.15) is 45.6 Å². The van der Waals surface area contributed by atoms with Crippen LogP contribution < -0.4 is 0 Å². The van der Waals surface area contributed by atoms with Gasteiger partial charge in [-0.1, -0.05) is 19.1 Å². The highest BCUT2D eigenvalue weighted by Crippen LogP contribution is 2.74. The molecule has 0 spiro atoms. The largest absolute Gasteiger partial charge is 0.458 e. The second kappa shape index (κ2) is 9.11. The number of Topliss-reactive ketones (excluding diaryl/α,β-unsaturated/α-hetero) is 1. The maximum Gasteiger partial charge on any atom is 0.303 e. The minimum absolute atomic E-state index is 0.00925. The number of hydrogen-bond donors (Lipinski definition) is 1. The molecule has 9 heteroatoms. The first-order valence-electron chi connectivity index (χ1n) is 14.1. The van der Waals surface area contributed by atoms with Crippen LogP contribution in [0.15, 0.2) is 48.3 Å². The van der Waals surface area contributed by atoms with Gasteiger partial charge in [0.25, 0.3) is 0 Å². The van der Waals surface area contributed by atoms with Crippen molar-refractivity contribution in [2.24, 2.45) is 34.0 Å². The molecule has 214 valence electrons. The van der Waals surface area contributed by atoms with Crippen LogP contribution in [0.5, 0.6) is 0 Å². The van der Waals surface area contributed by atoms with Gasteiger partial charge in [-0.2, -0.15) is 0 Å². The fourth-order valence-electron chi connectivity index (χ4n) is 9.54. The zero-order valence-corrected chi connectivity index (χ0v) is 23.1. The highest BCUT2D eigenvalue weighted by atomic mass is 19.1. The summed E-state index contributed by atoms with van der Waals surface area (Å²) in [5.41, 5.74) is -4.44. The molecule has 0 amide bonds. The van der Waals surface area contributed by atoms with E-state index in [1.165, 1.54) is 25.2 Å². The molecule has 4 aliphatic carbocycles. The first kappa shape index (κ1) is 27.4. The number of allylic oxidation sites excluding steroid dienone is 4. The van der Waals surface area contributed by atoms with Gasteiger partial charge in [0.15, 0.2) is 23.8 Å². The average molecular weight is 555 g/mol. The van der Waals surface area contributed by atoms with E-state index in [0.717, 1.165) is 5.56 Å². The molecule has 5 aliphatic rings. The molecule has 1 aromatic rings. The number of esters is 1. The summed E-state index contributed by atoms with van der Waals surface area (Å²) in [4.78, 5) is 44.3. The van der Waals surface area contributed by atoms with E-state index >= 15 is 8.78 Å². The van der Waals surface area contributed by atoms with Gasteiger partial charge < -0.3 is 9.84 Å². The molecule has 0 radical (unpaired) electrons. The van der Waals surface area contributed by atoms with Crippen LogP contribution in [0.2, 0.25) is 0 Å². The predicted octanol–water partition coefficient (Wildman–Crippen LogP) is 3.56. The Morgan fingerprint density at radius 1 is 1.25 bits per heavy atom. The minimum Gasteiger partial charge on any atom is -0.458 e. The Balaban J connectivity index is 1.41. The Morgan fingerprint density at radius 2 is 2.02 bits per heavy atom. The van der Waals surface area contributed by atoms with Crippen molar-refractivity contribution < 1.29 is 33.0 Å². The van der Waals surface area contributed by atoms with E-state index in [9.17, 15) is 19.5 Å². The maximum atomic E-state index is 17.6. The lowest BCUT2D eigenvalue weighted by Crippen LogP contribution is -2.69. The number of carbonyl (C=O) groups is 3. The summed E-state index contributed by atoms with van der Waals surface area (Å²) in [6.07, 6.45) is 4.71. The van der Waals surface area contributed by atoms with Gasteiger partial charge >= 0.3 is 5.97 Å². The van der Waals surface area contributed by atoms with Gasteiger partial charge in [-0.05, 0) is 72.8 Å². The summed E-state index contributed by atoms with van der Waals surface area (Å²) in [6, 6.07) is 3.83. The zero-order valence-electron chi connectivity index (χ0n) is 23.1. The van der Waals surface area contributed by atoms with Crippen molar-refractivity contribution in [2.75, 3.05) is 19.7 Å². The number of ketones is 2.